The quantitative estimate of drug-likeness (QED) is 0.776. The van der Waals surface area contributed by atoms with Crippen molar-refractivity contribution < 1.29 is 8.81 Å². The van der Waals surface area contributed by atoms with Crippen LogP contribution in [0.4, 0.5) is 4.39 Å². The van der Waals surface area contributed by atoms with Crippen molar-refractivity contribution in [2.75, 3.05) is 5.88 Å². The Morgan fingerprint density at radius 1 is 1.35 bits per heavy atom. The Kier molecular flexibility index (Phi) is 4.02. The van der Waals surface area contributed by atoms with Crippen LogP contribution in [0.15, 0.2) is 28.8 Å². The van der Waals surface area contributed by atoms with E-state index < -0.39 is 5.82 Å². The Hall–Kier alpha value is -1.06. The zero-order valence-electron chi connectivity index (χ0n) is 8.92. The van der Waals surface area contributed by atoms with Crippen LogP contribution < -0.4 is 0 Å². The fraction of sp³-hybridized carbons (Fsp3) is 0.250. The summed E-state index contributed by atoms with van der Waals surface area (Å²) in [4.78, 5) is 4.12. The summed E-state index contributed by atoms with van der Waals surface area (Å²) in [5, 5.41) is 0.0706. The summed E-state index contributed by atoms with van der Waals surface area (Å²) < 4.78 is 18.5. The van der Waals surface area contributed by atoms with E-state index in [1.54, 1.807) is 12.3 Å². The van der Waals surface area contributed by atoms with Gasteiger partial charge in [-0.15, -0.1) is 11.6 Å². The highest BCUT2D eigenvalue weighted by Crippen LogP contribution is 2.25. The van der Waals surface area contributed by atoms with Gasteiger partial charge in [-0.2, -0.15) is 0 Å². The summed E-state index contributed by atoms with van der Waals surface area (Å²) in [5.41, 5.74) is 0.709. The van der Waals surface area contributed by atoms with Crippen molar-refractivity contribution in [1.82, 2.24) is 4.98 Å². The van der Waals surface area contributed by atoms with E-state index >= 15 is 0 Å². The van der Waals surface area contributed by atoms with Crippen LogP contribution in [0.5, 0.6) is 0 Å². The Balaban J connectivity index is 2.21. The average Bonchev–Trinajstić information content (AvgIpc) is 2.79. The molecule has 90 valence electrons. The minimum atomic E-state index is -0.447. The lowest BCUT2D eigenvalue weighted by Gasteiger charge is -1.98. The molecule has 0 saturated heterocycles. The average molecular weight is 274 g/mol. The lowest BCUT2D eigenvalue weighted by atomic mass is 10.2. The topological polar surface area (TPSA) is 26.0 Å². The minimum absolute atomic E-state index is 0.0706. The number of rotatable bonds is 4. The Labute approximate surface area is 108 Å². The molecule has 0 bridgehead atoms. The molecule has 0 aliphatic heterocycles. The number of hydrogen-bond acceptors (Lipinski definition) is 2. The first-order valence-corrected chi connectivity index (χ1v) is 6.08. The Bertz CT molecular complexity index is 513. The zero-order chi connectivity index (χ0) is 12.3. The van der Waals surface area contributed by atoms with E-state index in [0.717, 1.165) is 6.42 Å². The molecule has 0 aliphatic rings. The van der Waals surface area contributed by atoms with Gasteiger partial charge >= 0.3 is 0 Å². The third kappa shape index (κ3) is 2.99. The van der Waals surface area contributed by atoms with E-state index in [1.165, 1.54) is 12.1 Å². The van der Waals surface area contributed by atoms with Gasteiger partial charge in [-0.3, -0.25) is 0 Å². The van der Waals surface area contributed by atoms with Gasteiger partial charge in [0.25, 0.3) is 0 Å². The zero-order valence-corrected chi connectivity index (χ0v) is 10.4. The number of aromatic nitrogens is 1. The van der Waals surface area contributed by atoms with Crippen LogP contribution in [0.3, 0.4) is 0 Å². The molecule has 0 radical (unpaired) electrons. The summed E-state index contributed by atoms with van der Waals surface area (Å²) in [6.07, 6.45) is 3.11. The molecule has 0 atom stereocenters. The lowest BCUT2D eigenvalue weighted by molar-refractivity contribution is 0.503. The molecule has 0 aliphatic carbocycles. The normalized spacial score (nSPS) is 10.8. The second-order valence-corrected chi connectivity index (χ2v) is 4.32. The van der Waals surface area contributed by atoms with Crippen LogP contribution in [0, 0.1) is 5.82 Å². The summed E-state index contributed by atoms with van der Waals surface area (Å²) in [6, 6.07) is 4.43. The van der Waals surface area contributed by atoms with Gasteiger partial charge in [0.2, 0.25) is 0 Å². The molecule has 1 aromatic carbocycles. The molecule has 0 spiro atoms. The van der Waals surface area contributed by atoms with Crippen molar-refractivity contribution in [2.45, 2.75) is 12.8 Å². The van der Waals surface area contributed by atoms with Gasteiger partial charge in [0.15, 0.2) is 11.7 Å². The fourth-order valence-corrected chi connectivity index (χ4v) is 1.74. The predicted molar refractivity (Wildman–Crippen MR) is 65.9 cm³/mol. The molecular formula is C12H10Cl2FNO. The van der Waals surface area contributed by atoms with Crippen LogP contribution >= 0.6 is 23.2 Å². The van der Waals surface area contributed by atoms with Gasteiger partial charge < -0.3 is 4.42 Å². The smallest absolute Gasteiger partial charge is 0.194 e. The molecule has 0 unspecified atom stereocenters. The first kappa shape index (κ1) is 12.4. The van der Waals surface area contributed by atoms with Crippen molar-refractivity contribution in [2.24, 2.45) is 0 Å². The van der Waals surface area contributed by atoms with Gasteiger partial charge in [0.1, 0.15) is 5.82 Å². The number of nitrogens with zero attached hydrogens (tertiary/aromatic N) is 1. The van der Waals surface area contributed by atoms with Gasteiger partial charge in [-0.05, 0) is 24.6 Å². The SMILES string of the molecule is Fc1ccc(-c2cnc(CCCCl)o2)cc1Cl. The highest BCUT2D eigenvalue weighted by Gasteiger charge is 2.08. The molecule has 17 heavy (non-hydrogen) atoms. The monoisotopic (exact) mass is 273 g/mol. The second-order valence-electron chi connectivity index (χ2n) is 3.54. The van der Waals surface area contributed by atoms with Crippen LogP contribution in [0.2, 0.25) is 5.02 Å². The molecule has 1 heterocycles. The number of hydrogen-bond donors (Lipinski definition) is 0. The first-order chi connectivity index (χ1) is 8.20. The number of alkyl halides is 1. The highest BCUT2D eigenvalue weighted by molar-refractivity contribution is 6.31. The predicted octanol–water partition coefficient (Wildman–Crippen LogP) is 4.31. The Morgan fingerprint density at radius 2 is 2.18 bits per heavy atom. The van der Waals surface area contributed by atoms with Gasteiger partial charge in [-0.25, -0.2) is 9.37 Å². The summed E-state index contributed by atoms with van der Waals surface area (Å²) in [7, 11) is 0. The maximum atomic E-state index is 13.0. The molecule has 2 nitrogen and oxygen atoms in total. The first-order valence-electron chi connectivity index (χ1n) is 5.17. The van der Waals surface area contributed by atoms with Crippen LogP contribution in [-0.2, 0) is 6.42 Å². The summed E-state index contributed by atoms with van der Waals surface area (Å²) in [5.74, 6) is 1.33. The lowest BCUT2D eigenvalue weighted by Crippen LogP contribution is -1.84. The molecule has 0 amide bonds. The third-order valence-corrected chi connectivity index (χ3v) is 2.84. The number of benzene rings is 1. The second kappa shape index (κ2) is 5.52. The van der Waals surface area contributed by atoms with E-state index in [1.807, 2.05) is 0 Å². The van der Waals surface area contributed by atoms with Crippen molar-refractivity contribution in [3.05, 3.63) is 41.1 Å². The number of aryl methyl sites for hydroxylation is 1. The molecule has 5 heteroatoms. The highest BCUT2D eigenvalue weighted by atomic mass is 35.5. The molecule has 0 N–H and O–H groups in total. The van der Waals surface area contributed by atoms with Gasteiger partial charge in [0.05, 0.1) is 11.2 Å². The fourth-order valence-electron chi connectivity index (χ4n) is 1.43. The van der Waals surface area contributed by atoms with E-state index in [2.05, 4.69) is 4.98 Å². The number of halogens is 3. The summed E-state index contributed by atoms with van der Waals surface area (Å²) >= 11 is 11.3. The Morgan fingerprint density at radius 3 is 2.88 bits per heavy atom. The van der Waals surface area contributed by atoms with E-state index in [4.69, 9.17) is 27.6 Å². The number of oxazole rings is 1. The molecule has 0 saturated carbocycles. The minimum Gasteiger partial charge on any atom is -0.441 e. The van der Waals surface area contributed by atoms with Crippen molar-refractivity contribution in [1.29, 1.82) is 0 Å². The molecular weight excluding hydrogens is 264 g/mol. The van der Waals surface area contributed by atoms with Crippen LogP contribution in [0.1, 0.15) is 12.3 Å². The van der Waals surface area contributed by atoms with Gasteiger partial charge in [-0.1, -0.05) is 11.6 Å². The standard InChI is InChI=1S/C12H10Cl2FNO/c13-5-1-2-12-16-7-11(17-12)8-3-4-10(15)9(14)6-8/h3-4,6-7H,1-2,5H2. The summed E-state index contributed by atoms with van der Waals surface area (Å²) in [6.45, 7) is 0. The largest absolute Gasteiger partial charge is 0.441 e. The maximum Gasteiger partial charge on any atom is 0.194 e. The molecule has 1 aromatic heterocycles. The van der Waals surface area contributed by atoms with E-state index in [9.17, 15) is 4.39 Å². The van der Waals surface area contributed by atoms with E-state index in [-0.39, 0.29) is 5.02 Å². The van der Waals surface area contributed by atoms with E-state index in [0.29, 0.717) is 29.5 Å². The molecule has 2 aromatic rings. The van der Waals surface area contributed by atoms with Crippen molar-refractivity contribution in [3.8, 4) is 11.3 Å². The van der Waals surface area contributed by atoms with Crippen LogP contribution in [-0.4, -0.2) is 10.9 Å². The third-order valence-electron chi connectivity index (χ3n) is 2.28. The van der Waals surface area contributed by atoms with Gasteiger partial charge in [0, 0.05) is 17.9 Å². The molecule has 0 fully saturated rings. The van der Waals surface area contributed by atoms with Crippen molar-refractivity contribution in [3.63, 3.8) is 0 Å². The molecule has 2 rings (SSSR count). The maximum absolute atomic E-state index is 13.0. The van der Waals surface area contributed by atoms with Crippen LogP contribution in [0.25, 0.3) is 11.3 Å². The van der Waals surface area contributed by atoms with Crippen molar-refractivity contribution >= 4 is 23.2 Å².